The van der Waals surface area contributed by atoms with Crippen molar-refractivity contribution in [2.45, 2.75) is 25.8 Å². The topological polar surface area (TPSA) is 84.9 Å². The van der Waals surface area contributed by atoms with E-state index in [9.17, 15) is 14.7 Å². The number of carbonyl (C=O) groups excluding carboxylic acids is 1. The fraction of sp³-hybridized carbons (Fsp3) is 0.529. The number of carbonyl (C=O) groups is 2. The van der Waals surface area contributed by atoms with E-state index >= 15 is 0 Å². The summed E-state index contributed by atoms with van der Waals surface area (Å²) in [6.07, 6.45) is 2.78. The van der Waals surface area contributed by atoms with Gasteiger partial charge in [-0.25, -0.2) is 0 Å². The number of aliphatic carboxylic acids is 1. The molecule has 0 spiro atoms. The van der Waals surface area contributed by atoms with Crippen molar-refractivity contribution in [2.75, 3.05) is 6.79 Å². The molecule has 6 nitrogen and oxygen atoms in total. The van der Waals surface area contributed by atoms with Gasteiger partial charge in [0.25, 0.3) is 0 Å². The van der Waals surface area contributed by atoms with Crippen molar-refractivity contribution in [3.05, 3.63) is 23.8 Å². The van der Waals surface area contributed by atoms with Crippen LogP contribution in [-0.4, -0.2) is 23.8 Å². The van der Waals surface area contributed by atoms with Gasteiger partial charge in [0.05, 0.1) is 11.8 Å². The number of carboxylic acid groups (broad SMARTS) is 1. The van der Waals surface area contributed by atoms with Crippen molar-refractivity contribution in [3.63, 3.8) is 0 Å². The summed E-state index contributed by atoms with van der Waals surface area (Å²) in [4.78, 5) is 24.0. The summed E-state index contributed by atoms with van der Waals surface area (Å²) < 4.78 is 10.6. The number of hydrogen-bond acceptors (Lipinski definition) is 4. The maximum absolute atomic E-state index is 12.5. The molecule has 1 amide bonds. The highest BCUT2D eigenvalue weighted by Crippen LogP contribution is 2.52. The van der Waals surface area contributed by atoms with Crippen molar-refractivity contribution < 1.29 is 24.2 Å². The zero-order valence-corrected chi connectivity index (χ0v) is 12.7. The molecule has 4 atom stereocenters. The molecule has 122 valence electrons. The van der Waals surface area contributed by atoms with Gasteiger partial charge in [0, 0.05) is 6.54 Å². The lowest BCUT2D eigenvalue weighted by molar-refractivity contribution is -0.149. The second kappa shape index (κ2) is 5.44. The van der Waals surface area contributed by atoms with Crippen LogP contribution in [0.5, 0.6) is 11.5 Å². The van der Waals surface area contributed by atoms with E-state index in [0.29, 0.717) is 18.0 Å². The number of nitrogens with one attached hydrogen (secondary N) is 1. The Morgan fingerprint density at radius 3 is 2.65 bits per heavy atom. The predicted octanol–water partition coefficient (Wildman–Crippen LogP) is 1.78. The van der Waals surface area contributed by atoms with E-state index in [1.165, 1.54) is 0 Å². The predicted molar refractivity (Wildman–Crippen MR) is 79.9 cm³/mol. The largest absolute Gasteiger partial charge is 0.481 e. The fourth-order valence-corrected chi connectivity index (χ4v) is 4.38. The van der Waals surface area contributed by atoms with Gasteiger partial charge in [-0.1, -0.05) is 6.07 Å². The van der Waals surface area contributed by atoms with E-state index in [-0.39, 0.29) is 30.5 Å². The van der Waals surface area contributed by atoms with Gasteiger partial charge in [-0.3, -0.25) is 9.59 Å². The van der Waals surface area contributed by atoms with E-state index in [1.807, 2.05) is 18.2 Å². The zero-order valence-electron chi connectivity index (χ0n) is 12.7. The molecule has 2 N–H and O–H groups in total. The van der Waals surface area contributed by atoms with Crippen LogP contribution < -0.4 is 14.8 Å². The zero-order chi connectivity index (χ0) is 16.0. The minimum absolute atomic E-state index is 0.137. The Morgan fingerprint density at radius 2 is 1.87 bits per heavy atom. The molecule has 0 saturated heterocycles. The molecule has 2 aliphatic carbocycles. The smallest absolute Gasteiger partial charge is 0.307 e. The van der Waals surface area contributed by atoms with Gasteiger partial charge in [0.15, 0.2) is 11.5 Å². The molecule has 1 aliphatic heterocycles. The lowest BCUT2D eigenvalue weighted by atomic mass is 9.78. The van der Waals surface area contributed by atoms with E-state index < -0.39 is 11.9 Å². The standard InChI is InChI=1S/C17H19NO5/c19-16(14-10-2-3-11(6-10)15(14)17(20)21)18-7-9-1-4-12-13(5-9)23-8-22-12/h1,4-5,10-11,14-15H,2-3,6-8H2,(H,18,19)(H,20,21)/t10-,11+,14-,15+/m0/s1. The van der Waals surface area contributed by atoms with Gasteiger partial charge in [-0.05, 0) is 48.8 Å². The van der Waals surface area contributed by atoms with Crippen LogP contribution in [0.2, 0.25) is 0 Å². The molecule has 0 aromatic heterocycles. The molecule has 3 aliphatic rings. The molecule has 0 radical (unpaired) electrons. The van der Waals surface area contributed by atoms with E-state index in [1.54, 1.807) is 0 Å². The summed E-state index contributed by atoms with van der Waals surface area (Å²) in [5.74, 6) is -0.107. The van der Waals surface area contributed by atoms with Crippen molar-refractivity contribution in [1.29, 1.82) is 0 Å². The molecule has 4 rings (SSSR count). The lowest BCUT2D eigenvalue weighted by Gasteiger charge is -2.27. The van der Waals surface area contributed by atoms with Crippen molar-refractivity contribution in [1.82, 2.24) is 5.32 Å². The Kier molecular flexibility index (Phi) is 3.39. The lowest BCUT2D eigenvalue weighted by Crippen LogP contribution is -2.41. The Morgan fingerprint density at radius 1 is 1.13 bits per heavy atom. The maximum Gasteiger partial charge on any atom is 0.307 e. The van der Waals surface area contributed by atoms with Gasteiger partial charge in [0.1, 0.15) is 0 Å². The number of amides is 1. The monoisotopic (exact) mass is 317 g/mol. The summed E-state index contributed by atoms with van der Waals surface area (Å²) in [6, 6.07) is 5.54. The molecule has 1 aromatic carbocycles. The van der Waals surface area contributed by atoms with Gasteiger partial charge >= 0.3 is 5.97 Å². The quantitative estimate of drug-likeness (QED) is 0.884. The van der Waals surface area contributed by atoms with Crippen LogP contribution in [0.25, 0.3) is 0 Å². The fourth-order valence-electron chi connectivity index (χ4n) is 4.38. The van der Waals surface area contributed by atoms with Gasteiger partial charge < -0.3 is 19.9 Å². The van der Waals surface area contributed by atoms with Crippen molar-refractivity contribution >= 4 is 11.9 Å². The number of carboxylic acids is 1. The molecule has 0 unspecified atom stereocenters. The van der Waals surface area contributed by atoms with Crippen LogP contribution in [-0.2, 0) is 16.1 Å². The highest BCUT2D eigenvalue weighted by atomic mass is 16.7. The molecule has 1 heterocycles. The number of hydrogen-bond donors (Lipinski definition) is 2. The Bertz CT molecular complexity index is 658. The molecular weight excluding hydrogens is 298 g/mol. The number of benzene rings is 1. The molecule has 6 heteroatoms. The summed E-state index contributed by atoms with van der Waals surface area (Å²) >= 11 is 0. The Labute approximate surface area is 133 Å². The Balaban J connectivity index is 1.43. The molecular formula is C17H19NO5. The highest BCUT2D eigenvalue weighted by Gasteiger charge is 2.53. The second-order valence-electron chi connectivity index (χ2n) is 6.63. The molecule has 2 fully saturated rings. The minimum Gasteiger partial charge on any atom is -0.481 e. The number of ether oxygens (including phenoxy) is 2. The third kappa shape index (κ3) is 2.42. The molecule has 2 bridgehead atoms. The number of fused-ring (bicyclic) bond motifs is 3. The summed E-state index contributed by atoms with van der Waals surface area (Å²) in [5, 5.41) is 12.3. The van der Waals surface area contributed by atoms with Gasteiger partial charge in [-0.15, -0.1) is 0 Å². The van der Waals surface area contributed by atoms with Crippen LogP contribution in [0.15, 0.2) is 18.2 Å². The SMILES string of the molecule is O=C(O)[C@@H]1[C@@H]2CC[C@@H](C2)[C@@H]1C(=O)NCc1ccc2c(c1)OCO2. The molecule has 1 aromatic rings. The first-order valence-electron chi connectivity index (χ1n) is 8.02. The van der Waals surface area contributed by atoms with Crippen LogP contribution in [0, 0.1) is 23.7 Å². The Hall–Kier alpha value is -2.24. The van der Waals surface area contributed by atoms with E-state index in [0.717, 1.165) is 24.8 Å². The minimum atomic E-state index is -0.833. The van der Waals surface area contributed by atoms with Crippen LogP contribution >= 0.6 is 0 Å². The number of rotatable bonds is 4. The summed E-state index contributed by atoms with van der Waals surface area (Å²) in [7, 11) is 0. The third-order valence-electron chi connectivity index (χ3n) is 5.41. The first kappa shape index (κ1) is 14.4. The summed E-state index contributed by atoms with van der Waals surface area (Å²) in [5.41, 5.74) is 0.914. The van der Waals surface area contributed by atoms with E-state index in [4.69, 9.17) is 9.47 Å². The summed E-state index contributed by atoms with van der Waals surface area (Å²) in [6.45, 7) is 0.590. The molecule has 23 heavy (non-hydrogen) atoms. The molecule has 2 saturated carbocycles. The van der Waals surface area contributed by atoms with Gasteiger partial charge in [0.2, 0.25) is 12.7 Å². The second-order valence-corrected chi connectivity index (χ2v) is 6.63. The van der Waals surface area contributed by atoms with Gasteiger partial charge in [-0.2, -0.15) is 0 Å². The highest BCUT2D eigenvalue weighted by molar-refractivity contribution is 5.86. The van der Waals surface area contributed by atoms with Crippen LogP contribution in [0.3, 0.4) is 0 Å². The third-order valence-corrected chi connectivity index (χ3v) is 5.41. The first-order valence-corrected chi connectivity index (χ1v) is 8.02. The van der Waals surface area contributed by atoms with Crippen LogP contribution in [0.4, 0.5) is 0 Å². The van der Waals surface area contributed by atoms with Crippen molar-refractivity contribution in [3.8, 4) is 11.5 Å². The normalized spacial score (nSPS) is 30.4. The first-order chi connectivity index (χ1) is 11.1. The maximum atomic E-state index is 12.5. The van der Waals surface area contributed by atoms with E-state index in [2.05, 4.69) is 5.32 Å². The van der Waals surface area contributed by atoms with Crippen molar-refractivity contribution in [2.24, 2.45) is 23.7 Å². The average molecular weight is 317 g/mol. The average Bonchev–Trinajstić information content (AvgIpc) is 3.25. The van der Waals surface area contributed by atoms with Crippen LogP contribution in [0.1, 0.15) is 24.8 Å².